The van der Waals surface area contributed by atoms with Crippen molar-refractivity contribution < 1.29 is 15.0 Å². The Kier molecular flexibility index (Phi) is 3.84. The number of aliphatic carboxylic acids is 1. The number of hydrogen-bond donors (Lipinski definition) is 3. The topological polar surface area (TPSA) is 69.6 Å². The summed E-state index contributed by atoms with van der Waals surface area (Å²) in [6.07, 6.45) is 0. The van der Waals surface area contributed by atoms with Gasteiger partial charge >= 0.3 is 5.97 Å². The van der Waals surface area contributed by atoms with E-state index >= 15 is 0 Å². The van der Waals surface area contributed by atoms with Crippen LogP contribution >= 0.6 is 11.3 Å². The van der Waals surface area contributed by atoms with Crippen LogP contribution in [0, 0.1) is 0 Å². The Bertz CT molecular complexity index is 321. The van der Waals surface area contributed by atoms with E-state index in [0.29, 0.717) is 0 Å². The van der Waals surface area contributed by atoms with Crippen molar-refractivity contribution in [1.82, 2.24) is 5.32 Å². The first-order valence-corrected chi connectivity index (χ1v) is 5.54. The first-order valence-electron chi connectivity index (χ1n) is 4.66. The third-order valence-electron chi connectivity index (χ3n) is 2.18. The minimum absolute atomic E-state index is 0.0292. The molecule has 0 saturated carbocycles. The highest BCUT2D eigenvalue weighted by atomic mass is 32.1. The van der Waals surface area contributed by atoms with Crippen LogP contribution in [0.3, 0.4) is 0 Å². The van der Waals surface area contributed by atoms with Crippen LogP contribution in [0.4, 0.5) is 0 Å². The highest BCUT2D eigenvalue weighted by Crippen LogP contribution is 2.18. The quantitative estimate of drug-likeness (QED) is 0.710. The molecular formula is C10H15NO3S. The lowest BCUT2D eigenvalue weighted by atomic mass is 10.1. The van der Waals surface area contributed by atoms with Crippen molar-refractivity contribution in [3.05, 3.63) is 22.4 Å². The largest absolute Gasteiger partial charge is 0.479 e. The number of carboxylic acid groups (broad SMARTS) is 1. The van der Waals surface area contributed by atoms with Gasteiger partial charge in [-0.1, -0.05) is 6.07 Å². The van der Waals surface area contributed by atoms with Gasteiger partial charge in [-0.05, 0) is 25.3 Å². The third-order valence-corrected chi connectivity index (χ3v) is 3.24. The number of hydrogen-bond acceptors (Lipinski definition) is 4. The van der Waals surface area contributed by atoms with E-state index < -0.39 is 11.6 Å². The van der Waals surface area contributed by atoms with E-state index in [0.717, 1.165) is 4.88 Å². The van der Waals surface area contributed by atoms with E-state index in [1.54, 1.807) is 11.3 Å². The lowest BCUT2D eigenvalue weighted by Crippen LogP contribution is -2.45. The summed E-state index contributed by atoms with van der Waals surface area (Å²) in [7, 11) is 0. The number of carbonyl (C=O) groups is 1. The minimum atomic E-state index is -1.72. The van der Waals surface area contributed by atoms with Gasteiger partial charge in [0.25, 0.3) is 0 Å². The van der Waals surface area contributed by atoms with Crippen LogP contribution in [-0.4, -0.2) is 28.3 Å². The number of thiophene rings is 1. The molecule has 0 saturated heterocycles. The van der Waals surface area contributed by atoms with Crippen LogP contribution < -0.4 is 5.32 Å². The third kappa shape index (κ3) is 3.30. The maximum atomic E-state index is 10.6. The molecule has 0 aromatic carbocycles. The average Bonchev–Trinajstić information content (AvgIpc) is 2.66. The second-order valence-electron chi connectivity index (χ2n) is 3.70. The molecule has 0 spiro atoms. The zero-order valence-electron chi connectivity index (χ0n) is 8.73. The molecular weight excluding hydrogens is 214 g/mol. The Hall–Kier alpha value is -0.910. The van der Waals surface area contributed by atoms with E-state index in [1.807, 2.05) is 24.4 Å². The highest BCUT2D eigenvalue weighted by molar-refractivity contribution is 7.10. The smallest absolute Gasteiger partial charge is 0.336 e. The molecule has 0 fully saturated rings. The van der Waals surface area contributed by atoms with Gasteiger partial charge in [0.1, 0.15) is 0 Å². The molecule has 15 heavy (non-hydrogen) atoms. The molecule has 1 heterocycles. The molecule has 4 nitrogen and oxygen atoms in total. The molecule has 0 aliphatic rings. The van der Waals surface area contributed by atoms with Gasteiger partial charge in [-0.15, -0.1) is 11.3 Å². The Morgan fingerprint density at radius 1 is 1.73 bits per heavy atom. The van der Waals surface area contributed by atoms with Gasteiger partial charge in [-0.2, -0.15) is 0 Å². The molecule has 1 aromatic heterocycles. The fourth-order valence-electron chi connectivity index (χ4n) is 1.07. The van der Waals surface area contributed by atoms with Crippen molar-refractivity contribution in [2.75, 3.05) is 6.54 Å². The van der Waals surface area contributed by atoms with Gasteiger partial charge in [0.2, 0.25) is 0 Å². The zero-order valence-corrected chi connectivity index (χ0v) is 9.54. The normalized spacial score (nSPS) is 17.0. The van der Waals surface area contributed by atoms with Gasteiger partial charge in [0.05, 0.1) is 0 Å². The average molecular weight is 229 g/mol. The molecule has 2 atom stereocenters. The van der Waals surface area contributed by atoms with Crippen molar-refractivity contribution in [1.29, 1.82) is 0 Å². The number of aliphatic hydroxyl groups is 1. The minimum Gasteiger partial charge on any atom is -0.479 e. The SMILES string of the molecule is C[C@@H](NCC(C)(O)C(=O)O)c1cccs1. The fraction of sp³-hybridized carbons (Fsp3) is 0.500. The second kappa shape index (κ2) is 4.74. The second-order valence-corrected chi connectivity index (χ2v) is 4.68. The Balaban J connectivity index is 2.47. The summed E-state index contributed by atoms with van der Waals surface area (Å²) in [6.45, 7) is 3.24. The predicted octanol–water partition coefficient (Wildman–Crippen LogP) is 1.23. The number of nitrogens with one attached hydrogen (secondary N) is 1. The maximum Gasteiger partial charge on any atom is 0.336 e. The molecule has 0 radical (unpaired) electrons. The maximum absolute atomic E-state index is 10.6. The van der Waals surface area contributed by atoms with Crippen molar-refractivity contribution in [3.63, 3.8) is 0 Å². The van der Waals surface area contributed by atoms with Crippen molar-refractivity contribution in [2.24, 2.45) is 0 Å². The Morgan fingerprint density at radius 2 is 2.40 bits per heavy atom. The van der Waals surface area contributed by atoms with Crippen molar-refractivity contribution >= 4 is 17.3 Å². The summed E-state index contributed by atoms with van der Waals surface area (Å²) in [5, 5.41) is 23.1. The molecule has 1 unspecified atom stereocenters. The monoisotopic (exact) mass is 229 g/mol. The van der Waals surface area contributed by atoms with E-state index in [4.69, 9.17) is 5.11 Å². The molecule has 3 N–H and O–H groups in total. The molecule has 0 bridgehead atoms. The van der Waals surface area contributed by atoms with Crippen LogP contribution in [-0.2, 0) is 4.79 Å². The lowest BCUT2D eigenvalue weighted by molar-refractivity contribution is -0.156. The first-order chi connectivity index (χ1) is 6.93. The predicted molar refractivity (Wildman–Crippen MR) is 59.0 cm³/mol. The van der Waals surface area contributed by atoms with E-state index in [1.165, 1.54) is 6.92 Å². The molecule has 1 rings (SSSR count). The summed E-state index contributed by atoms with van der Waals surface area (Å²) in [4.78, 5) is 11.8. The first kappa shape index (κ1) is 12.2. The summed E-state index contributed by atoms with van der Waals surface area (Å²) in [5.74, 6) is -1.21. The van der Waals surface area contributed by atoms with Crippen LogP contribution in [0.15, 0.2) is 17.5 Å². The van der Waals surface area contributed by atoms with Gasteiger partial charge in [0, 0.05) is 17.5 Å². The van der Waals surface area contributed by atoms with E-state index in [2.05, 4.69) is 5.32 Å². The molecule has 0 amide bonds. The fourth-order valence-corrected chi connectivity index (χ4v) is 1.82. The van der Waals surface area contributed by atoms with Crippen molar-refractivity contribution in [2.45, 2.75) is 25.5 Å². The van der Waals surface area contributed by atoms with Gasteiger partial charge < -0.3 is 15.5 Å². The number of rotatable bonds is 5. The Labute approximate surface area is 92.6 Å². The van der Waals surface area contributed by atoms with Crippen LogP contribution in [0.1, 0.15) is 24.8 Å². The standard InChI is InChI=1S/C10H15NO3S/c1-7(8-4-3-5-15-8)11-6-10(2,14)9(12)13/h3-5,7,11,14H,6H2,1-2H3,(H,12,13)/t7-,10?/m1/s1. The van der Waals surface area contributed by atoms with Gasteiger partial charge in [0.15, 0.2) is 5.60 Å². The molecule has 0 aliphatic heterocycles. The summed E-state index contributed by atoms with van der Waals surface area (Å²) in [5.41, 5.74) is -1.72. The van der Waals surface area contributed by atoms with E-state index in [9.17, 15) is 9.90 Å². The van der Waals surface area contributed by atoms with Gasteiger partial charge in [-0.3, -0.25) is 0 Å². The molecule has 84 valence electrons. The summed E-state index contributed by atoms with van der Waals surface area (Å²) in [6, 6.07) is 3.96. The van der Waals surface area contributed by atoms with Crippen molar-refractivity contribution in [3.8, 4) is 0 Å². The number of carboxylic acids is 1. The van der Waals surface area contributed by atoms with E-state index in [-0.39, 0.29) is 12.6 Å². The van der Waals surface area contributed by atoms with Crippen LogP contribution in [0.25, 0.3) is 0 Å². The Morgan fingerprint density at radius 3 is 2.87 bits per heavy atom. The molecule has 1 aromatic rings. The van der Waals surface area contributed by atoms with Crippen LogP contribution in [0.2, 0.25) is 0 Å². The summed E-state index contributed by atoms with van der Waals surface area (Å²) >= 11 is 1.60. The van der Waals surface area contributed by atoms with Gasteiger partial charge in [-0.25, -0.2) is 4.79 Å². The zero-order chi connectivity index (χ0) is 11.5. The van der Waals surface area contributed by atoms with Crippen LogP contribution in [0.5, 0.6) is 0 Å². The highest BCUT2D eigenvalue weighted by Gasteiger charge is 2.29. The summed E-state index contributed by atoms with van der Waals surface area (Å²) < 4.78 is 0. The lowest BCUT2D eigenvalue weighted by Gasteiger charge is -2.21. The molecule has 0 aliphatic carbocycles. The molecule has 5 heteroatoms.